The number of rotatable bonds is 17. The van der Waals surface area contributed by atoms with E-state index in [2.05, 4.69) is 38.5 Å². The van der Waals surface area contributed by atoms with Crippen LogP contribution in [0.2, 0.25) is 0 Å². The molecule has 0 aliphatic carbocycles. The second-order valence-electron chi connectivity index (χ2n) is 12.6. The SMILES string of the molecule is C.CO[C@@H]1[C@H](O)C(COP(=O)([O-])OCC(COP(=O)([O-])OC[C@H]2OC([n+]3cn(C)c4c(=O)[nH]c(N)nc43)[C@H](O)[C@@H]2O)OP(=O)(O)F)O[C@H]1[n+]1c[nH]c2c(=O)[nH]c(N)nc21. The smallest absolute Gasteiger partial charge is 0.510 e. The quantitative estimate of drug-likeness (QED) is 0.0355. The van der Waals surface area contributed by atoms with Gasteiger partial charge in [-0.05, 0) is 0 Å². The first kappa shape index (κ1) is 46.4. The van der Waals surface area contributed by atoms with Crippen molar-refractivity contribution in [1.29, 1.82) is 0 Å². The van der Waals surface area contributed by atoms with Gasteiger partial charge in [0.2, 0.25) is 23.5 Å². The maximum absolute atomic E-state index is 13.6. The summed E-state index contributed by atoms with van der Waals surface area (Å²) in [6.07, 6.45) is -11.6. The van der Waals surface area contributed by atoms with Crippen LogP contribution in [0.3, 0.4) is 0 Å². The lowest BCUT2D eigenvalue weighted by molar-refractivity contribution is -0.746. The summed E-state index contributed by atoms with van der Waals surface area (Å²) < 4.78 is 93.3. The largest absolute Gasteiger partial charge is 0.756 e. The van der Waals surface area contributed by atoms with Crippen molar-refractivity contribution in [2.45, 2.75) is 62.6 Å². The van der Waals surface area contributed by atoms with Crippen LogP contribution in [-0.4, -0.2) is 126 Å². The van der Waals surface area contributed by atoms with Crippen molar-refractivity contribution < 1.29 is 93.9 Å². The Kier molecular flexibility index (Phi) is 14.0. The highest BCUT2D eigenvalue weighted by molar-refractivity contribution is 7.47. The van der Waals surface area contributed by atoms with Crippen LogP contribution in [-0.2, 0) is 57.6 Å². The van der Waals surface area contributed by atoms with Gasteiger partial charge in [-0.25, -0.2) is 13.7 Å². The van der Waals surface area contributed by atoms with Crippen LogP contribution in [0, 0.1) is 0 Å². The van der Waals surface area contributed by atoms with E-state index in [9.17, 15) is 52.6 Å². The molecule has 12 atom stereocenters. The number of aryl methyl sites for hydroxylation is 1. The van der Waals surface area contributed by atoms with Crippen molar-refractivity contribution in [3.63, 3.8) is 0 Å². The summed E-state index contributed by atoms with van der Waals surface area (Å²) in [5, 5.41) is 32.0. The predicted octanol–water partition coefficient (Wildman–Crippen LogP) is -4.75. The first-order chi connectivity index (χ1) is 27.1. The molecule has 2 aliphatic heterocycles. The second kappa shape index (κ2) is 17.8. The monoisotopic (exact) mass is 908 g/mol. The Morgan fingerprint density at radius 1 is 0.898 bits per heavy atom. The number of hydrogen-bond acceptors (Lipinski definition) is 22. The zero-order chi connectivity index (χ0) is 42.5. The molecule has 0 saturated carbocycles. The fourth-order valence-electron chi connectivity index (χ4n) is 6.12. The van der Waals surface area contributed by atoms with Gasteiger partial charge in [-0.1, -0.05) is 17.4 Å². The number of anilines is 2. The van der Waals surface area contributed by atoms with E-state index >= 15 is 0 Å². The number of halogens is 1. The zero-order valence-corrected chi connectivity index (χ0v) is 32.4. The minimum atomic E-state index is -5.95. The molecular weight excluding hydrogens is 868 g/mol. The van der Waals surface area contributed by atoms with Gasteiger partial charge in [-0.2, -0.15) is 0 Å². The summed E-state index contributed by atoms with van der Waals surface area (Å²) in [5.74, 6) is -0.527. The van der Waals surface area contributed by atoms with Crippen LogP contribution in [0.4, 0.5) is 16.1 Å². The molecular formula is C26H40FN10O19P3. The number of ether oxygens (including phenoxy) is 3. The molecule has 0 radical (unpaired) electrons. The van der Waals surface area contributed by atoms with Gasteiger partial charge in [-0.15, -0.1) is 4.20 Å². The molecule has 0 amide bonds. The molecule has 59 heavy (non-hydrogen) atoms. The minimum absolute atomic E-state index is 0. The molecule has 11 N–H and O–H groups in total. The van der Waals surface area contributed by atoms with E-state index in [4.69, 9.17) is 39.6 Å². The van der Waals surface area contributed by atoms with E-state index < -0.39 is 116 Å². The molecule has 2 saturated heterocycles. The number of methoxy groups -OCH3 is 1. The van der Waals surface area contributed by atoms with Crippen LogP contribution in [0.25, 0.3) is 22.3 Å². The van der Waals surface area contributed by atoms with Crippen molar-refractivity contribution in [2.75, 3.05) is 45.0 Å². The highest BCUT2D eigenvalue weighted by atomic mass is 31.2. The van der Waals surface area contributed by atoms with Gasteiger partial charge in [0.15, 0.2) is 12.7 Å². The summed E-state index contributed by atoms with van der Waals surface area (Å²) in [6, 6.07) is 0. The normalized spacial score (nSPS) is 28.3. The van der Waals surface area contributed by atoms with Gasteiger partial charge >= 0.3 is 19.2 Å². The van der Waals surface area contributed by atoms with Crippen molar-refractivity contribution in [3.8, 4) is 0 Å². The number of phosphoric acid groups is 2. The number of aliphatic hydroxyl groups excluding tert-OH is 3. The highest BCUT2D eigenvalue weighted by Gasteiger charge is 2.49. The number of H-pyrrole nitrogens is 3. The van der Waals surface area contributed by atoms with Crippen LogP contribution in [0.15, 0.2) is 22.2 Å². The average Bonchev–Trinajstić information content (AvgIpc) is 3.86. The molecule has 33 heteroatoms. The second-order valence-corrected chi connectivity index (χ2v) is 16.6. The molecule has 4 aromatic rings. The van der Waals surface area contributed by atoms with Crippen LogP contribution in [0.1, 0.15) is 19.9 Å². The van der Waals surface area contributed by atoms with Gasteiger partial charge in [0.05, 0.1) is 33.5 Å². The van der Waals surface area contributed by atoms with E-state index in [1.165, 1.54) is 35.9 Å². The molecule has 6 rings (SSSR count). The Morgan fingerprint density at radius 3 is 2.02 bits per heavy atom. The van der Waals surface area contributed by atoms with Gasteiger partial charge in [0, 0.05) is 7.11 Å². The van der Waals surface area contributed by atoms with E-state index in [1.807, 2.05) is 0 Å². The van der Waals surface area contributed by atoms with Crippen molar-refractivity contribution in [2.24, 2.45) is 7.05 Å². The standard InChI is InChI=1S/C25H36FN10O19P3.CH4/c1-34-8-36(19-13(34)21(41)33-25(28)31-19)22-16(39)14(37)10(53-22)5-51-57(44,45)49-3-9(55-56(26,42)43)4-50-58(46,47)52-6-11-15(38)17(48-2)23(54-11)35-7-29-12-18(35)30-24(27)32-20(12)40;/h7-11,14-17,22-23,37-39H,3-6H2,1-2H3,(H8-,27,28,30,31,32,33,40,41,42,43,44,45,46,47);1H4/t9?,10-,11?,14-,15-,16-,17-,22?,23-;/m1./s1. The molecule has 2 fully saturated rings. The Labute approximate surface area is 329 Å². The number of nitrogens with two attached hydrogens (primary N) is 2. The van der Waals surface area contributed by atoms with Gasteiger partial charge in [0.1, 0.15) is 42.7 Å². The number of aromatic amines is 3. The molecule has 6 heterocycles. The van der Waals surface area contributed by atoms with Crippen molar-refractivity contribution in [1.82, 2.24) is 29.5 Å². The first-order valence-corrected chi connectivity index (χ1v) is 20.8. The number of nitrogens with one attached hydrogen (secondary N) is 3. The van der Waals surface area contributed by atoms with Gasteiger partial charge < -0.3 is 68.9 Å². The Morgan fingerprint density at radius 2 is 1.44 bits per heavy atom. The Balaban J connectivity index is 0.00000661. The number of imidazole rings is 2. The number of aliphatic hydroxyl groups is 3. The lowest BCUT2D eigenvalue weighted by atomic mass is 10.1. The van der Waals surface area contributed by atoms with Gasteiger partial charge in [-0.3, -0.25) is 47.7 Å². The van der Waals surface area contributed by atoms with E-state index in [0.717, 1.165) is 4.57 Å². The fourth-order valence-corrected chi connectivity index (χ4v) is 8.11. The predicted molar refractivity (Wildman–Crippen MR) is 185 cm³/mol. The van der Waals surface area contributed by atoms with Crippen LogP contribution >= 0.6 is 23.6 Å². The lowest BCUT2D eigenvalue weighted by Crippen LogP contribution is -2.46. The maximum Gasteiger partial charge on any atom is 0.510 e. The molecule has 4 aromatic heterocycles. The van der Waals surface area contributed by atoms with E-state index in [1.54, 1.807) is 0 Å². The Hall–Kier alpha value is -3.64. The van der Waals surface area contributed by atoms with Crippen molar-refractivity contribution >= 4 is 57.8 Å². The van der Waals surface area contributed by atoms with Crippen LogP contribution < -0.4 is 41.5 Å². The number of nitrogen functional groups attached to an aromatic ring is 2. The summed E-state index contributed by atoms with van der Waals surface area (Å²) in [6.45, 7) is -4.70. The molecule has 330 valence electrons. The lowest BCUT2D eigenvalue weighted by Gasteiger charge is -2.29. The molecule has 6 unspecified atom stereocenters. The number of phosphoric ester groups is 2. The average molecular weight is 909 g/mol. The molecule has 29 nitrogen and oxygen atoms in total. The summed E-state index contributed by atoms with van der Waals surface area (Å²) >= 11 is 0. The minimum Gasteiger partial charge on any atom is -0.756 e. The summed E-state index contributed by atoms with van der Waals surface area (Å²) in [4.78, 5) is 74.1. The third-order valence-electron chi connectivity index (χ3n) is 8.68. The maximum atomic E-state index is 13.6. The zero-order valence-electron chi connectivity index (χ0n) is 29.7. The molecule has 0 aromatic carbocycles. The molecule has 0 bridgehead atoms. The van der Waals surface area contributed by atoms with Crippen molar-refractivity contribution in [3.05, 3.63) is 33.4 Å². The van der Waals surface area contributed by atoms with Crippen LogP contribution in [0.5, 0.6) is 0 Å². The highest BCUT2D eigenvalue weighted by Crippen LogP contribution is 2.48. The number of hydrogen-bond donors (Lipinski definition) is 9. The van der Waals surface area contributed by atoms with Gasteiger partial charge in [0.25, 0.3) is 38.7 Å². The van der Waals surface area contributed by atoms with E-state index in [-0.39, 0.29) is 41.7 Å². The summed E-state index contributed by atoms with van der Waals surface area (Å²) in [7, 11) is -14.3. The third-order valence-corrected chi connectivity index (χ3v) is 11.1. The topological polar surface area (TPSA) is 424 Å². The third kappa shape index (κ3) is 10.3. The fraction of sp³-hybridized carbons (Fsp3) is 0.615. The number of nitrogens with zero attached hydrogens (tertiary/aromatic N) is 5. The Bertz CT molecular complexity index is 2410. The number of fused-ring (bicyclic) bond motifs is 2. The summed E-state index contributed by atoms with van der Waals surface area (Å²) in [5.41, 5.74) is 9.92. The molecule has 2 aliphatic rings. The number of aromatic nitrogens is 8. The first-order valence-electron chi connectivity index (χ1n) is 16.4. The van der Waals surface area contributed by atoms with E-state index in [0.29, 0.717) is 0 Å². The molecule has 0 spiro atoms.